The Labute approximate surface area is 215 Å². The van der Waals surface area contributed by atoms with E-state index in [1.165, 1.54) is 0 Å². The van der Waals surface area contributed by atoms with E-state index >= 15 is 0 Å². The lowest BCUT2D eigenvalue weighted by atomic mass is 9.55. The van der Waals surface area contributed by atoms with Gasteiger partial charge in [0.25, 0.3) is 0 Å². The summed E-state index contributed by atoms with van der Waals surface area (Å²) < 4.78 is 27.7. The van der Waals surface area contributed by atoms with Crippen LogP contribution in [0.25, 0.3) is 0 Å². The maximum absolute atomic E-state index is 11.0. The molecule has 37 heavy (non-hydrogen) atoms. The lowest BCUT2D eigenvalue weighted by Gasteiger charge is -2.20. The number of ether oxygens (including phenoxy) is 5. The molecule has 2 heterocycles. The Morgan fingerprint density at radius 3 is 1.57 bits per heavy atom. The first-order valence-corrected chi connectivity index (χ1v) is 12.0. The van der Waals surface area contributed by atoms with Crippen molar-refractivity contribution >= 4 is 35.7 Å². The van der Waals surface area contributed by atoms with Crippen LogP contribution in [0.15, 0.2) is 84.9 Å². The topological polar surface area (TPSA) is 86.6 Å². The van der Waals surface area contributed by atoms with Gasteiger partial charge < -0.3 is 33.7 Å². The molecule has 184 valence electrons. The van der Waals surface area contributed by atoms with Gasteiger partial charge in [-0.25, -0.2) is 0 Å². The molecule has 0 saturated heterocycles. The molecule has 7 nitrogen and oxygen atoms in total. The van der Waals surface area contributed by atoms with Crippen LogP contribution in [0.4, 0.5) is 0 Å². The van der Waals surface area contributed by atoms with Crippen molar-refractivity contribution in [2.75, 3.05) is 13.6 Å². The van der Waals surface area contributed by atoms with Gasteiger partial charge in [0.1, 0.15) is 23.0 Å². The molecule has 2 N–H and O–H groups in total. The van der Waals surface area contributed by atoms with Crippen LogP contribution in [-0.2, 0) is 18.0 Å². The predicted molar refractivity (Wildman–Crippen MR) is 141 cm³/mol. The van der Waals surface area contributed by atoms with Gasteiger partial charge in [0.05, 0.1) is 13.2 Å². The van der Waals surface area contributed by atoms with Gasteiger partial charge >= 0.3 is 13.8 Å². The third-order valence-electron chi connectivity index (χ3n) is 6.51. The highest BCUT2D eigenvalue weighted by Gasteiger charge is 2.25. The minimum atomic E-state index is -0.824. The highest BCUT2D eigenvalue weighted by atomic mass is 16.7. The maximum Gasteiger partial charge on any atom is 0.362 e. The average Bonchev–Trinajstić information content (AvgIpc) is 2.93. The Morgan fingerprint density at radius 2 is 1.08 bits per heavy atom. The van der Waals surface area contributed by atoms with Crippen molar-refractivity contribution in [1.29, 1.82) is 0 Å². The number of benzene rings is 4. The second-order valence-electron chi connectivity index (χ2n) is 9.00. The van der Waals surface area contributed by atoms with E-state index < -0.39 is 13.8 Å². The molecule has 2 aliphatic heterocycles. The Hall–Kier alpha value is -3.91. The highest BCUT2D eigenvalue weighted by molar-refractivity contribution is 6.80. The third-order valence-corrected chi connectivity index (χ3v) is 6.51. The second-order valence-corrected chi connectivity index (χ2v) is 9.00. The molecular formula is C28H24B2O7. The van der Waals surface area contributed by atoms with E-state index in [1.54, 1.807) is 12.1 Å². The molecular weight excluding hydrogens is 470 g/mol. The molecule has 4 bridgehead atoms. The molecule has 6 rings (SSSR count). The standard InChI is InChI=1S/C28H24B2O7/c31-29(25-9-7-23-13-27(25)36-17-34-23)21-5-1-3-19(11-21)15-33-16-20-4-2-6-22(12-20)30(32)26-10-8-24-14-28(26)37-18-35-24/h1-14,31-32H,15-18H2. The molecule has 0 atom stereocenters. The van der Waals surface area contributed by atoms with Gasteiger partial charge in [0.15, 0.2) is 0 Å². The van der Waals surface area contributed by atoms with Crippen LogP contribution in [0.1, 0.15) is 11.1 Å². The van der Waals surface area contributed by atoms with Gasteiger partial charge in [0, 0.05) is 12.1 Å². The van der Waals surface area contributed by atoms with E-state index in [9.17, 15) is 10.0 Å². The monoisotopic (exact) mass is 494 g/mol. The Morgan fingerprint density at radius 1 is 0.595 bits per heavy atom. The van der Waals surface area contributed by atoms with Crippen LogP contribution in [0, 0.1) is 0 Å². The van der Waals surface area contributed by atoms with Crippen molar-refractivity contribution in [3.8, 4) is 23.0 Å². The van der Waals surface area contributed by atoms with E-state index in [-0.39, 0.29) is 13.6 Å². The van der Waals surface area contributed by atoms with Crippen molar-refractivity contribution in [1.82, 2.24) is 0 Å². The lowest BCUT2D eigenvalue weighted by molar-refractivity contribution is 0.106. The summed E-state index contributed by atoms with van der Waals surface area (Å²) in [7, 11) is 0. The largest absolute Gasteiger partial charge is 0.458 e. The number of rotatable bonds is 8. The van der Waals surface area contributed by atoms with E-state index in [0.29, 0.717) is 35.6 Å². The van der Waals surface area contributed by atoms with Crippen molar-refractivity contribution < 1.29 is 33.7 Å². The Balaban J connectivity index is 1.11. The molecule has 9 heteroatoms. The van der Waals surface area contributed by atoms with Gasteiger partial charge in [-0.1, -0.05) is 60.7 Å². The van der Waals surface area contributed by atoms with Crippen molar-refractivity contribution in [2.24, 2.45) is 0 Å². The number of hydrogen-bond acceptors (Lipinski definition) is 7. The van der Waals surface area contributed by atoms with Crippen LogP contribution in [0.5, 0.6) is 23.0 Å². The number of hydrogen-bond donors (Lipinski definition) is 2. The molecule has 0 spiro atoms. The molecule has 0 radical (unpaired) electrons. The molecule has 4 aromatic carbocycles. The minimum absolute atomic E-state index is 0.143. The molecule has 0 fully saturated rings. The van der Waals surface area contributed by atoms with Gasteiger partial charge in [-0.3, -0.25) is 0 Å². The fraction of sp³-hybridized carbons (Fsp3) is 0.143. The summed E-state index contributed by atoms with van der Waals surface area (Å²) in [6, 6.07) is 26.2. The zero-order valence-electron chi connectivity index (χ0n) is 20.0. The summed E-state index contributed by atoms with van der Waals surface area (Å²) >= 11 is 0. The van der Waals surface area contributed by atoms with Crippen LogP contribution in [0.3, 0.4) is 0 Å². The fourth-order valence-corrected chi connectivity index (χ4v) is 4.58. The van der Waals surface area contributed by atoms with Crippen molar-refractivity contribution in [3.05, 3.63) is 96.1 Å². The first kappa shape index (κ1) is 23.5. The first-order valence-electron chi connectivity index (χ1n) is 12.0. The highest BCUT2D eigenvalue weighted by Crippen LogP contribution is 2.23. The van der Waals surface area contributed by atoms with Gasteiger partial charge in [0.2, 0.25) is 13.6 Å². The molecule has 0 saturated carbocycles. The van der Waals surface area contributed by atoms with Gasteiger partial charge in [-0.2, -0.15) is 0 Å². The van der Waals surface area contributed by atoms with E-state index in [2.05, 4.69) is 0 Å². The maximum atomic E-state index is 11.0. The normalized spacial score (nSPS) is 13.0. The zero-order chi connectivity index (χ0) is 25.2. The first-order chi connectivity index (χ1) is 18.1. The third kappa shape index (κ3) is 5.02. The molecule has 2 aliphatic rings. The smallest absolute Gasteiger partial charge is 0.362 e. The summed E-state index contributed by atoms with van der Waals surface area (Å²) in [4.78, 5) is 0. The van der Waals surface area contributed by atoms with Crippen molar-refractivity contribution in [2.45, 2.75) is 13.2 Å². The molecule has 0 aliphatic carbocycles. The van der Waals surface area contributed by atoms with Gasteiger partial charge in [-0.05, 0) is 45.1 Å². The second kappa shape index (κ2) is 10.2. The van der Waals surface area contributed by atoms with Crippen LogP contribution < -0.4 is 40.8 Å². The molecule has 4 aromatic rings. The number of fused-ring (bicyclic) bond motifs is 4. The van der Waals surface area contributed by atoms with E-state index in [1.807, 2.05) is 72.8 Å². The van der Waals surface area contributed by atoms with Crippen LogP contribution >= 0.6 is 0 Å². The Kier molecular flexibility index (Phi) is 6.49. The summed E-state index contributed by atoms with van der Waals surface area (Å²) in [6.07, 6.45) is 0. The molecule has 0 amide bonds. The zero-order valence-corrected chi connectivity index (χ0v) is 20.0. The molecule has 0 unspecified atom stereocenters. The average molecular weight is 494 g/mol. The predicted octanol–water partition coefficient (Wildman–Crippen LogP) is 1.06. The summed E-state index contributed by atoms with van der Waals surface area (Å²) in [6.45, 7) is -0.606. The van der Waals surface area contributed by atoms with Crippen LogP contribution in [0.2, 0.25) is 0 Å². The summed E-state index contributed by atoms with van der Waals surface area (Å²) in [5.74, 6) is 2.71. The van der Waals surface area contributed by atoms with Crippen LogP contribution in [-0.4, -0.2) is 37.5 Å². The lowest BCUT2D eigenvalue weighted by Crippen LogP contribution is -2.43. The summed E-state index contributed by atoms with van der Waals surface area (Å²) in [5, 5.41) is 22.0. The van der Waals surface area contributed by atoms with E-state index in [0.717, 1.165) is 33.6 Å². The van der Waals surface area contributed by atoms with E-state index in [4.69, 9.17) is 23.7 Å². The van der Waals surface area contributed by atoms with Gasteiger partial charge in [-0.15, -0.1) is 0 Å². The quantitative estimate of drug-likeness (QED) is 0.355. The SMILES string of the molecule is OB(c1cccc(COCc2cccc(B(O)c3ccc4cc3OCO4)c2)c1)c1ccc2cc1OCO2. The fourth-order valence-electron chi connectivity index (χ4n) is 4.58. The van der Waals surface area contributed by atoms with Crippen molar-refractivity contribution in [3.63, 3.8) is 0 Å². The Bertz CT molecular complexity index is 1320. The molecule has 0 aromatic heterocycles. The summed E-state index contributed by atoms with van der Waals surface area (Å²) in [5.41, 5.74) is 4.80. The minimum Gasteiger partial charge on any atom is -0.458 e.